The van der Waals surface area contributed by atoms with Crippen LogP contribution in [0.25, 0.3) is 11.4 Å². The molecule has 1 N–H and O–H groups in total. The van der Waals surface area contributed by atoms with E-state index in [9.17, 15) is 0 Å². The summed E-state index contributed by atoms with van der Waals surface area (Å²) in [6.07, 6.45) is 2.55. The molecule has 2 rings (SSSR count). The molecule has 0 aliphatic rings. The maximum absolute atomic E-state index is 5.44. The quantitative estimate of drug-likeness (QED) is 0.847. The molecule has 0 spiro atoms. The monoisotopic (exact) mass is 251 g/mol. The second-order valence-electron chi connectivity index (χ2n) is 4.47. The number of hydrogen-bond acceptors (Lipinski definition) is 3. The fourth-order valence-electron chi connectivity index (χ4n) is 1.87. The van der Waals surface area contributed by atoms with Crippen molar-refractivity contribution in [3.63, 3.8) is 0 Å². The summed E-state index contributed by atoms with van der Waals surface area (Å²) in [6.45, 7) is 7.25. The van der Waals surface area contributed by atoms with Gasteiger partial charge in [0.1, 0.15) is 5.76 Å². The number of nitrogens with zero attached hydrogens (tertiary/aromatic N) is 2. The predicted octanol–water partition coefficient (Wildman–Crippen LogP) is 3.42. The average molecular weight is 251 g/mol. The van der Waals surface area contributed by atoms with Crippen molar-refractivity contribution in [2.75, 3.05) is 0 Å². The smallest absolute Gasteiger partial charge is 0.195 e. The Labute approximate surface area is 106 Å². The molecule has 2 aromatic heterocycles. The predicted molar refractivity (Wildman–Crippen MR) is 69.3 cm³/mol. The third-order valence-corrected chi connectivity index (χ3v) is 2.93. The van der Waals surface area contributed by atoms with E-state index in [0.29, 0.717) is 10.7 Å². The van der Waals surface area contributed by atoms with Gasteiger partial charge in [0.05, 0.1) is 11.8 Å². The molecule has 0 bridgehead atoms. The van der Waals surface area contributed by atoms with Gasteiger partial charge in [-0.1, -0.05) is 20.8 Å². The lowest BCUT2D eigenvalue weighted by Crippen LogP contribution is -2.06. The van der Waals surface area contributed by atoms with Crippen molar-refractivity contribution in [3.8, 4) is 11.4 Å². The zero-order chi connectivity index (χ0) is 12.4. The Balaban J connectivity index is 2.49. The van der Waals surface area contributed by atoms with Crippen molar-refractivity contribution in [3.05, 3.63) is 22.9 Å². The van der Waals surface area contributed by atoms with E-state index in [1.165, 1.54) is 0 Å². The zero-order valence-electron chi connectivity index (χ0n) is 10.4. The Kier molecular flexibility index (Phi) is 3.47. The standard InChI is InChI=1S/C12H17N3OS/c1-4-10-9(5-6-16-10)11-13-14-12(17)15(11)7-8(2)3/h5-6,8H,4,7H2,1-3H3,(H,14,17). The molecule has 0 fully saturated rings. The molecular weight excluding hydrogens is 234 g/mol. The van der Waals surface area contributed by atoms with Crippen LogP contribution < -0.4 is 0 Å². The molecule has 5 heteroatoms. The van der Waals surface area contributed by atoms with Gasteiger partial charge in [-0.3, -0.25) is 9.67 Å². The minimum absolute atomic E-state index is 0.523. The van der Waals surface area contributed by atoms with E-state index >= 15 is 0 Å². The molecule has 2 aromatic rings. The van der Waals surface area contributed by atoms with E-state index in [2.05, 4.69) is 31.0 Å². The van der Waals surface area contributed by atoms with Crippen molar-refractivity contribution in [2.45, 2.75) is 33.7 Å². The van der Waals surface area contributed by atoms with Crippen molar-refractivity contribution in [1.82, 2.24) is 14.8 Å². The average Bonchev–Trinajstić information content (AvgIpc) is 2.86. The lowest BCUT2D eigenvalue weighted by atomic mass is 10.2. The first-order valence-corrected chi connectivity index (χ1v) is 6.26. The minimum Gasteiger partial charge on any atom is -0.469 e. The zero-order valence-corrected chi connectivity index (χ0v) is 11.2. The Morgan fingerprint density at radius 3 is 2.94 bits per heavy atom. The van der Waals surface area contributed by atoms with Crippen LogP contribution >= 0.6 is 12.2 Å². The second kappa shape index (κ2) is 4.87. The van der Waals surface area contributed by atoms with Crippen molar-refractivity contribution >= 4 is 12.2 Å². The first kappa shape index (κ1) is 12.1. The van der Waals surface area contributed by atoms with Crippen LogP contribution in [0.3, 0.4) is 0 Å². The van der Waals surface area contributed by atoms with Crippen LogP contribution in [0.4, 0.5) is 0 Å². The Hall–Kier alpha value is -1.36. The van der Waals surface area contributed by atoms with Gasteiger partial charge in [0.2, 0.25) is 0 Å². The van der Waals surface area contributed by atoms with Crippen LogP contribution in [-0.2, 0) is 13.0 Å². The lowest BCUT2D eigenvalue weighted by Gasteiger charge is -2.08. The highest BCUT2D eigenvalue weighted by atomic mass is 32.1. The van der Waals surface area contributed by atoms with Crippen LogP contribution in [0.15, 0.2) is 16.7 Å². The summed E-state index contributed by atoms with van der Waals surface area (Å²) in [4.78, 5) is 0. The summed E-state index contributed by atoms with van der Waals surface area (Å²) in [5.74, 6) is 2.34. The molecule has 0 amide bonds. The Bertz CT molecular complexity index is 550. The normalized spacial score (nSPS) is 11.3. The maximum atomic E-state index is 5.44. The molecule has 0 aromatic carbocycles. The lowest BCUT2D eigenvalue weighted by molar-refractivity contribution is 0.510. The van der Waals surface area contributed by atoms with Crippen molar-refractivity contribution in [2.24, 2.45) is 5.92 Å². The van der Waals surface area contributed by atoms with Gasteiger partial charge in [-0.05, 0) is 24.2 Å². The van der Waals surface area contributed by atoms with E-state index in [4.69, 9.17) is 16.6 Å². The number of H-pyrrole nitrogens is 1. The van der Waals surface area contributed by atoms with E-state index in [0.717, 1.165) is 30.1 Å². The number of aromatic amines is 1. The highest BCUT2D eigenvalue weighted by molar-refractivity contribution is 7.71. The summed E-state index contributed by atoms with van der Waals surface area (Å²) >= 11 is 5.26. The Morgan fingerprint density at radius 1 is 1.53 bits per heavy atom. The molecule has 0 saturated heterocycles. The number of aromatic nitrogens is 3. The third-order valence-electron chi connectivity index (χ3n) is 2.61. The van der Waals surface area contributed by atoms with Crippen molar-refractivity contribution in [1.29, 1.82) is 0 Å². The van der Waals surface area contributed by atoms with Gasteiger partial charge in [-0.25, -0.2) is 0 Å². The summed E-state index contributed by atoms with van der Waals surface area (Å²) in [5.41, 5.74) is 1.03. The van der Waals surface area contributed by atoms with Crippen LogP contribution in [-0.4, -0.2) is 14.8 Å². The first-order chi connectivity index (χ1) is 8.13. The largest absolute Gasteiger partial charge is 0.469 e. The van der Waals surface area contributed by atoms with E-state index in [1.54, 1.807) is 6.26 Å². The van der Waals surface area contributed by atoms with Gasteiger partial charge in [0, 0.05) is 13.0 Å². The molecule has 0 radical (unpaired) electrons. The summed E-state index contributed by atoms with van der Waals surface area (Å²) in [6, 6.07) is 1.95. The maximum Gasteiger partial charge on any atom is 0.195 e. The number of aryl methyl sites for hydroxylation is 1. The fourth-order valence-corrected chi connectivity index (χ4v) is 2.08. The number of rotatable bonds is 4. The van der Waals surface area contributed by atoms with Crippen LogP contribution in [0.1, 0.15) is 26.5 Å². The van der Waals surface area contributed by atoms with Crippen LogP contribution in [0, 0.1) is 10.7 Å². The first-order valence-electron chi connectivity index (χ1n) is 5.85. The highest BCUT2D eigenvalue weighted by Crippen LogP contribution is 2.24. The van der Waals surface area contributed by atoms with Crippen LogP contribution in [0.2, 0.25) is 0 Å². The Morgan fingerprint density at radius 2 is 2.29 bits per heavy atom. The highest BCUT2D eigenvalue weighted by Gasteiger charge is 2.15. The molecular formula is C12H17N3OS. The molecule has 17 heavy (non-hydrogen) atoms. The molecule has 0 unspecified atom stereocenters. The molecule has 0 aliphatic heterocycles. The van der Waals surface area contributed by atoms with Gasteiger partial charge in [0.15, 0.2) is 10.6 Å². The summed E-state index contributed by atoms with van der Waals surface area (Å²) in [5, 5.41) is 7.16. The molecule has 2 heterocycles. The van der Waals surface area contributed by atoms with Crippen LogP contribution in [0.5, 0.6) is 0 Å². The molecule has 0 aliphatic carbocycles. The molecule has 0 atom stereocenters. The minimum atomic E-state index is 0.523. The number of furan rings is 1. The van der Waals surface area contributed by atoms with Crippen molar-refractivity contribution < 1.29 is 4.42 Å². The summed E-state index contributed by atoms with van der Waals surface area (Å²) < 4.78 is 8.13. The van der Waals surface area contributed by atoms with E-state index in [1.807, 2.05) is 10.6 Å². The number of nitrogens with one attached hydrogen (secondary N) is 1. The number of hydrogen-bond donors (Lipinski definition) is 1. The second-order valence-corrected chi connectivity index (χ2v) is 4.85. The van der Waals surface area contributed by atoms with Gasteiger partial charge in [-0.15, -0.1) is 0 Å². The SMILES string of the molecule is CCc1occc1-c1n[nH]c(=S)n1CC(C)C. The van der Waals surface area contributed by atoms with E-state index in [-0.39, 0.29) is 0 Å². The molecule has 0 saturated carbocycles. The van der Waals surface area contributed by atoms with Gasteiger partial charge in [-0.2, -0.15) is 5.10 Å². The topological polar surface area (TPSA) is 46.8 Å². The van der Waals surface area contributed by atoms with Gasteiger partial charge < -0.3 is 4.42 Å². The van der Waals surface area contributed by atoms with Gasteiger partial charge >= 0.3 is 0 Å². The molecule has 92 valence electrons. The van der Waals surface area contributed by atoms with Gasteiger partial charge in [0.25, 0.3) is 0 Å². The molecule has 4 nitrogen and oxygen atoms in total. The van der Waals surface area contributed by atoms with E-state index < -0.39 is 0 Å². The third kappa shape index (κ3) is 2.34. The summed E-state index contributed by atoms with van der Waals surface area (Å²) in [7, 11) is 0. The fraction of sp³-hybridized carbons (Fsp3) is 0.500.